The Kier molecular flexibility index (Phi) is 6.03. The number of carbonyl (C=O) groups is 1. The zero-order chi connectivity index (χ0) is 16.0. The van der Waals surface area contributed by atoms with Gasteiger partial charge in [0.15, 0.2) is 0 Å². The molecule has 114 valence electrons. The fourth-order valence-electron chi connectivity index (χ4n) is 2.26. The first-order valence-electron chi connectivity index (χ1n) is 6.59. The van der Waals surface area contributed by atoms with E-state index in [1.54, 1.807) is 25.1 Å². The Morgan fingerprint density at radius 3 is 2.76 bits per heavy atom. The number of amides is 1. The van der Waals surface area contributed by atoms with Gasteiger partial charge in [-0.05, 0) is 37.5 Å². The molecule has 0 bridgehead atoms. The van der Waals surface area contributed by atoms with Crippen molar-refractivity contribution in [3.8, 4) is 11.8 Å². The SMILES string of the molecule is CC(C)CC(C)(COc1ccc(Br)cc1C#N)NC(=O)O. The monoisotopic (exact) mass is 354 g/mol. The Bertz CT molecular complexity index is 554. The van der Waals surface area contributed by atoms with Crippen LogP contribution in [-0.2, 0) is 0 Å². The predicted molar refractivity (Wildman–Crippen MR) is 83.4 cm³/mol. The summed E-state index contributed by atoms with van der Waals surface area (Å²) in [7, 11) is 0. The summed E-state index contributed by atoms with van der Waals surface area (Å²) in [4.78, 5) is 11.0. The summed E-state index contributed by atoms with van der Waals surface area (Å²) in [5, 5.41) is 20.6. The van der Waals surface area contributed by atoms with Crippen molar-refractivity contribution in [2.24, 2.45) is 5.92 Å². The first-order valence-corrected chi connectivity index (χ1v) is 7.38. The number of rotatable bonds is 6. The lowest BCUT2D eigenvalue weighted by atomic mass is 9.91. The van der Waals surface area contributed by atoms with Gasteiger partial charge in [-0.25, -0.2) is 4.79 Å². The van der Waals surface area contributed by atoms with Crippen LogP contribution in [0.25, 0.3) is 0 Å². The van der Waals surface area contributed by atoms with E-state index in [0.717, 1.165) is 4.47 Å². The average molecular weight is 355 g/mol. The van der Waals surface area contributed by atoms with E-state index in [-0.39, 0.29) is 6.61 Å². The van der Waals surface area contributed by atoms with Crippen LogP contribution >= 0.6 is 15.9 Å². The summed E-state index contributed by atoms with van der Waals surface area (Å²) in [6.45, 7) is 5.99. The maximum Gasteiger partial charge on any atom is 0.405 e. The smallest absolute Gasteiger partial charge is 0.405 e. The third kappa shape index (κ3) is 5.64. The summed E-state index contributed by atoms with van der Waals surface area (Å²) in [5.41, 5.74) is -0.300. The molecule has 21 heavy (non-hydrogen) atoms. The molecule has 1 unspecified atom stereocenters. The van der Waals surface area contributed by atoms with E-state index in [1.807, 2.05) is 13.8 Å². The van der Waals surface area contributed by atoms with Crippen molar-refractivity contribution < 1.29 is 14.6 Å². The molecule has 0 spiro atoms. The summed E-state index contributed by atoms with van der Waals surface area (Å²) < 4.78 is 6.47. The molecule has 0 saturated heterocycles. The molecule has 0 radical (unpaired) electrons. The van der Waals surface area contributed by atoms with Crippen molar-refractivity contribution >= 4 is 22.0 Å². The molecular formula is C15H19BrN2O3. The molecule has 6 heteroatoms. The second-order valence-electron chi connectivity index (χ2n) is 5.63. The molecule has 2 N–H and O–H groups in total. The van der Waals surface area contributed by atoms with E-state index < -0.39 is 11.6 Å². The third-order valence-electron chi connectivity index (χ3n) is 2.88. The van der Waals surface area contributed by atoms with Crippen molar-refractivity contribution in [1.82, 2.24) is 5.32 Å². The van der Waals surface area contributed by atoms with Gasteiger partial charge in [0.2, 0.25) is 0 Å². The van der Waals surface area contributed by atoms with Gasteiger partial charge in [-0.3, -0.25) is 0 Å². The Hall–Kier alpha value is -1.74. The molecule has 1 aromatic carbocycles. The van der Waals surface area contributed by atoms with Crippen molar-refractivity contribution in [3.63, 3.8) is 0 Å². The third-order valence-corrected chi connectivity index (χ3v) is 3.37. The summed E-state index contributed by atoms with van der Waals surface area (Å²) >= 11 is 3.30. The van der Waals surface area contributed by atoms with Crippen molar-refractivity contribution in [3.05, 3.63) is 28.2 Å². The van der Waals surface area contributed by atoms with Gasteiger partial charge in [0, 0.05) is 4.47 Å². The summed E-state index contributed by atoms with van der Waals surface area (Å²) in [5.74, 6) is 0.758. The molecule has 0 aromatic heterocycles. The zero-order valence-electron chi connectivity index (χ0n) is 12.3. The molecule has 0 aliphatic carbocycles. The van der Waals surface area contributed by atoms with Gasteiger partial charge in [-0.15, -0.1) is 0 Å². The Labute approximate surface area is 133 Å². The van der Waals surface area contributed by atoms with Crippen molar-refractivity contribution in [1.29, 1.82) is 5.26 Å². The number of hydrogen-bond acceptors (Lipinski definition) is 3. The maximum atomic E-state index is 11.0. The molecule has 1 amide bonds. The molecular weight excluding hydrogens is 336 g/mol. The van der Waals surface area contributed by atoms with Crippen LogP contribution in [0.5, 0.6) is 5.75 Å². The van der Waals surface area contributed by atoms with Crippen LogP contribution in [-0.4, -0.2) is 23.3 Å². The van der Waals surface area contributed by atoms with E-state index >= 15 is 0 Å². The minimum atomic E-state index is -1.09. The number of benzene rings is 1. The van der Waals surface area contributed by atoms with Crippen LogP contribution in [0, 0.1) is 17.2 Å². The van der Waals surface area contributed by atoms with Gasteiger partial charge in [0.05, 0.1) is 11.1 Å². The van der Waals surface area contributed by atoms with Crippen LogP contribution in [0.3, 0.4) is 0 Å². The van der Waals surface area contributed by atoms with Crippen molar-refractivity contribution in [2.75, 3.05) is 6.61 Å². The van der Waals surface area contributed by atoms with Gasteiger partial charge in [0.1, 0.15) is 18.4 Å². The zero-order valence-corrected chi connectivity index (χ0v) is 13.9. The first-order chi connectivity index (χ1) is 9.75. The number of nitrogens with one attached hydrogen (secondary N) is 1. The second-order valence-corrected chi connectivity index (χ2v) is 6.55. The first kappa shape index (κ1) is 17.3. The van der Waals surface area contributed by atoms with Crippen LogP contribution in [0.1, 0.15) is 32.8 Å². The minimum absolute atomic E-state index is 0.161. The highest BCUT2D eigenvalue weighted by atomic mass is 79.9. The molecule has 0 aliphatic heterocycles. The molecule has 0 aliphatic rings. The fraction of sp³-hybridized carbons (Fsp3) is 0.467. The highest BCUT2D eigenvalue weighted by molar-refractivity contribution is 9.10. The van der Waals surface area contributed by atoms with E-state index in [4.69, 9.17) is 15.1 Å². The average Bonchev–Trinajstić information content (AvgIpc) is 2.35. The largest absolute Gasteiger partial charge is 0.490 e. The number of halogens is 1. The predicted octanol–water partition coefficient (Wildman–Crippen LogP) is 3.77. The highest BCUT2D eigenvalue weighted by Crippen LogP contribution is 2.25. The molecule has 1 aromatic rings. The van der Waals surface area contributed by atoms with Gasteiger partial charge in [0.25, 0.3) is 0 Å². The molecule has 0 fully saturated rings. The Balaban J connectivity index is 2.86. The Morgan fingerprint density at radius 1 is 1.57 bits per heavy atom. The number of carboxylic acid groups (broad SMARTS) is 1. The summed E-state index contributed by atoms with van der Waals surface area (Å²) in [6, 6.07) is 7.20. The lowest BCUT2D eigenvalue weighted by Gasteiger charge is -2.31. The molecule has 0 saturated carbocycles. The number of nitriles is 1. The second kappa shape index (κ2) is 7.32. The van der Waals surface area contributed by atoms with E-state index in [1.165, 1.54) is 0 Å². The lowest BCUT2D eigenvalue weighted by molar-refractivity contribution is 0.143. The van der Waals surface area contributed by atoms with Crippen LogP contribution in [0.4, 0.5) is 4.79 Å². The topological polar surface area (TPSA) is 82.3 Å². The molecule has 0 heterocycles. The van der Waals surface area contributed by atoms with Crippen LogP contribution in [0.2, 0.25) is 0 Å². The highest BCUT2D eigenvalue weighted by Gasteiger charge is 2.28. The lowest BCUT2D eigenvalue weighted by Crippen LogP contribution is -2.50. The van der Waals surface area contributed by atoms with Crippen LogP contribution < -0.4 is 10.1 Å². The fourth-order valence-corrected chi connectivity index (χ4v) is 2.62. The summed E-state index contributed by atoms with van der Waals surface area (Å²) in [6.07, 6.45) is -0.449. The van der Waals surface area contributed by atoms with Gasteiger partial charge in [-0.2, -0.15) is 5.26 Å². The number of ether oxygens (including phenoxy) is 1. The van der Waals surface area contributed by atoms with Gasteiger partial charge >= 0.3 is 6.09 Å². The molecule has 1 rings (SSSR count). The van der Waals surface area contributed by atoms with Gasteiger partial charge in [-0.1, -0.05) is 29.8 Å². The van der Waals surface area contributed by atoms with E-state index in [9.17, 15) is 4.79 Å². The van der Waals surface area contributed by atoms with E-state index in [0.29, 0.717) is 23.7 Å². The molecule has 1 atom stereocenters. The maximum absolute atomic E-state index is 11.0. The molecule has 5 nitrogen and oxygen atoms in total. The van der Waals surface area contributed by atoms with Crippen molar-refractivity contribution in [2.45, 2.75) is 32.7 Å². The normalized spacial score (nSPS) is 13.3. The minimum Gasteiger partial charge on any atom is -0.490 e. The Morgan fingerprint density at radius 2 is 2.24 bits per heavy atom. The standard InChI is InChI=1S/C15H19BrN2O3/c1-10(2)7-15(3,18-14(19)20)9-21-13-5-4-12(16)6-11(13)8-17/h4-6,10,18H,7,9H2,1-3H3,(H,19,20). The number of nitrogens with zero attached hydrogens (tertiary/aromatic N) is 1. The van der Waals surface area contributed by atoms with E-state index in [2.05, 4.69) is 27.3 Å². The van der Waals surface area contributed by atoms with Gasteiger partial charge < -0.3 is 15.2 Å². The number of hydrogen-bond donors (Lipinski definition) is 2. The van der Waals surface area contributed by atoms with Crippen LogP contribution in [0.15, 0.2) is 22.7 Å². The quantitative estimate of drug-likeness (QED) is 0.814.